The van der Waals surface area contributed by atoms with Crippen molar-refractivity contribution >= 4 is 52.3 Å². The molecule has 1 aromatic rings. The predicted octanol–water partition coefficient (Wildman–Crippen LogP) is 2.09. The maximum Gasteiger partial charge on any atom is 0.349 e. The van der Waals surface area contributed by atoms with Gasteiger partial charge in [0.1, 0.15) is 0 Å². The van der Waals surface area contributed by atoms with Gasteiger partial charge >= 0.3 is 17.9 Å². The summed E-state index contributed by atoms with van der Waals surface area (Å²) in [4.78, 5) is 34.1. The van der Waals surface area contributed by atoms with Gasteiger partial charge in [0.2, 0.25) is 0 Å². The molecule has 1 aromatic carbocycles. The molecule has 3 N–H and O–H groups in total. The number of carboxylic acids is 2. The number of esters is 1. The summed E-state index contributed by atoms with van der Waals surface area (Å²) in [5.41, 5.74) is -2.66. The standard InChI is InChI=1S/C16H17IO7S/c1-2-24-12(18)4-3-9-25-13(10-5-7-11(17)8-6-10)16(23,14(19)20)15(21)22/h3-8,13,23H,2,9H2,1H3,(H,19,20)(H,21,22)/b4-3+. The largest absolute Gasteiger partial charge is 0.479 e. The molecule has 0 aromatic heterocycles. The first-order valence-electron chi connectivity index (χ1n) is 7.13. The molecule has 1 rings (SSSR count). The first-order chi connectivity index (χ1) is 11.7. The van der Waals surface area contributed by atoms with E-state index in [0.717, 1.165) is 15.3 Å². The number of hydrogen-bond acceptors (Lipinski definition) is 6. The smallest absolute Gasteiger partial charge is 0.349 e. The van der Waals surface area contributed by atoms with Gasteiger partial charge in [-0.15, -0.1) is 11.8 Å². The van der Waals surface area contributed by atoms with Gasteiger partial charge in [-0.05, 0) is 47.2 Å². The Morgan fingerprint density at radius 3 is 2.28 bits per heavy atom. The SMILES string of the molecule is CCOC(=O)/C=C/CSC(c1ccc(I)cc1)C(O)(C(=O)O)C(=O)O. The highest BCUT2D eigenvalue weighted by Gasteiger charge is 2.52. The minimum Gasteiger partial charge on any atom is -0.479 e. The summed E-state index contributed by atoms with van der Waals surface area (Å²) in [7, 11) is 0. The van der Waals surface area contributed by atoms with E-state index >= 15 is 0 Å². The van der Waals surface area contributed by atoms with Crippen molar-refractivity contribution in [1.82, 2.24) is 0 Å². The van der Waals surface area contributed by atoms with Crippen molar-refractivity contribution in [2.45, 2.75) is 17.8 Å². The van der Waals surface area contributed by atoms with Crippen LogP contribution >= 0.6 is 34.4 Å². The highest BCUT2D eigenvalue weighted by molar-refractivity contribution is 14.1. The van der Waals surface area contributed by atoms with E-state index in [1.54, 1.807) is 31.2 Å². The van der Waals surface area contributed by atoms with Crippen LogP contribution in [-0.2, 0) is 19.1 Å². The molecule has 0 spiro atoms. The lowest BCUT2D eigenvalue weighted by atomic mass is 9.94. The highest BCUT2D eigenvalue weighted by atomic mass is 127. The number of hydrogen-bond donors (Lipinski definition) is 3. The van der Waals surface area contributed by atoms with E-state index in [-0.39, 0.29) is 12.4 Å². The van der Waals surface area contributed by atoms with Crippen LogP contribution in [0.5, 0.6) is 0 Å². The zero-order valence-corrected chi connectivity index (χ0v) is 16.2. The topological polar surface area (TPSA) is 121 Å². The van der Waals surface area contributed by atoms with Crippen molar-refractivity contribution in [3.05, 3.63) is 45.6 Å². The molecule has 25 heavy (non-hydrogen) atoms. The third kappa shape index (κ3) is 5.72. The second-order valence-electron chi connectivity index (χ2n) is 4.80. The van der Waals surface area contributed by atoms with Crippen LogP contribution < -0.4 is 0 Å². The van der Waals surface area contributed by atoms with Gasteiger partial charge in [-0.25, -0.2) is 14.4 Å². The molecule has 0 aliphatic carbocycles. The van der Waals surface area contributed by atoms with Gasteiger partial charge in [-0.1, -0.05) is 18.2 Å². The van der Waals surface area contributed by atoms with Crippen LogP contribution in [0, 0.1) is 3.57 Å². The van der Waals surface area contributed by atoms with Crippen LogP contribution in [0.25, 0.3) is 0 Å². The van der Waals surface area contributed by atoms with Crippen molar-refractivity contribution in [2.24, 2.45) is 0 Å². The monoisotopic (exact) mass is 480 g/mol. The molecule has 0 heterocycles. The average molecular weight is 480 g/mol. The fourth-order valence-corrected chi connectivity index (χ4v) is 3.45. The lowest BCUT2D eigenvalue weighted by Gasteiger charge is -2.28. The molecule has 0 bridgehead atoms. The Morgan fingerprint density at radius 2 is 1.80 bits per heavy atom. The van der Waals surface area contributed by atoms with E-state index in [0.29, 0.717) is 5.56 Å². The quantitative estimate of drug-likeness (QED) is 0.213. The Hall–Kier alpha value is -1.59. The second kappa shape index (κ2) is 9.78. The maximum absolute atomic E-state index is 11.4. The molecular formula is C16H17IO7S. The molecule has 1 atom stereocenters. The number of carboxylic acid groups (broad SMARTS) is 2. The summed E-state index contributed by atoms with van der Waals surface area (Å²) in [6.07, 6.45) is 2.59. The molecule has 0 radical (unpaired) electrons. The Balaban J connectivity index is 3.08. The second-order valence-corrected chi connectivity index (χ2v) is 7.18. The molecule has 0 amide bonds. The van der Waals surface area contributed by atoms with Gasteiger partial charge in [0.15, 0.2) is 0 Å². The van der Waals surface area contributed by atoms with Crippen LogP contribution in [0.1, 0.15) is 17.7 Å². The van der Waals surface area contributed by atoms with Crippen molar-refractivity contribution in [3.63, 3.8) is 0 Å². The number of ether oxygens (including phenoxy) is 1. The zero-order valence-electron chi connectivity index (χ0n) is 13.2. The normalized spacial score (nSPS) is 12.8. The summed E-state index contributed by atoms with van der Waals surface area (Å²) >= 11 is 2.95. The molecule has 0 aliphatic rings. The summed E-state index contributed by atoms with van der Waals surface area (Å²) < 4.78 is 5.59. The number of aliphatic carboxylic acids is 2. The number of carbonyl (C=O) groups is 3. The third-order valence-electron chi connectivity index (χ3n) is 3.10. The van der Waals surface area contributed by atoms with E-state index in [2.05, 4.69) is 22.6 Å². The molecule has 1 unspecified atom stereocenters. The van der Waals surface area contributed by atoms with E-state index in [1.807, 2.05) is 0 Å². The van der Waals surface area contributed by atoms with Gasteiger partial charge in [0, 0.05) is 15.4 Å². The average Bonchev–Trinajstić information content (AvgIpc) is 2.55. The fourth-order valence-electron chi connectivity index (χ4n) is 1.90. The van der Waals surface area contributed by atoms with Crippen molar-refractivity contribution < 1.29 is 34.4 Å². The Bertz CT molecular complexity index is 643. The summed E-state index contributed by atoms with van der Waals surface area (Å²) in [5.74, 6) is -4.16. The fraction of sp³-hybridized carbons (Fsp3) is 0.312. The minimum atomic E-state index is -3.00. The Kier molecular flexibility index (Phi) is 8.39. The molecule has 0 aliphatic heterocycles. The van der Waals surface area contributed by atoms with Crippen LogP contribution in [0.2, 0.25) is 0 Å². The number of halogens is 1. The van der Waals surface area contributed by atoms with Gasteiger partial charge in [-0.2, -0.15) is 0 Å². The van der Waals surface area contributed by atoms with Crippen LogP contribution in [0.4, 0.5) is 0 Å². The molecule has 9 heteroatoms. The molecule has 7 nitrogen and oxygen atoms in total. The molecular weight excluding hydrogens is 463 g/mol. The lowest BCUT2D eigenvalue weighted by Crippen LogP contribution is -2.50. The maximum atomic E-state index is 11.4. The Morgan fingerprint density at radius 1 is 1.24 bits per heavy atom. The van der Waals surface area contributed by atoms with Gasteiger partial charge in [0.25, 0.3) is 5.60 Å². The van der Waals surface area contributed by atoms with Crippen LogP contribution in [0.3, 0.4) is 0 Å². The van der Waals surface area contributed by atoms with Crippen LogP contribution in [-0.4, -0.2) is 51.2 Å². The van der Waals surface area contributed by atoms with Gasteiger partial charge < -0.3 is 20.1 Å². The summed E-state index contributed by atoms with van der Waals surface area (Å²) in [6.45, 7) is 1.88. The Labute approximate surface area is 162 Å². The first-order valence-corrected chi connectivity index (χ1v) is 9.25. The number of thioether (sulfide) groups is 1. The van der Waals surface area contributed by atoms with E-state index in [9.17, 15) is 29.7 Å². The van der Waals surface area contributed by atoms with Crippen LogP contribution in [0.15, 0.2) is 36.4 Å². The van der Waals surface area contributed by atoms with E-state index < -0.39 is 28.8 Å². The molecule has 136 valence electrons. The number of rotatable bonds is 9. The van der Waals surface area contributed by atoms with Crippen molar-refractivity contribution in [3.8, 4) is 0 Å². The van der Waals surface area contributed by atoms with Crippen molar-refractivity contribution in [2.75, 3.05) is 12.4 Å². The minimum absolute atomic E-state index is 0.109. The first kappa shape index (κ1) is 21.5. The van der Waals surface area contributed by atoms with E-state index in [4.69, 9.17) is 4.74 Å². The van der Waals surface area contributed by atoms with Gasteiger partial charge in [0.05, 0.1) is 11.9 Å². The summed E-state index contributed by atoms with van der Waals surface area (Å²) in [6, 6.07) is 6.49. The third-order valence-corrected chi connectivity index (χ3v) is 5.15. The predicted molar refractivity (Wildman–Crippen MR) is 100 cm³/mol. The number of carbonyl (C=O) groups excluding carboxylic acids is 1. The molecule has 0 fully saturated rings. The highest BCUT2D eigenvalue weighted by Crippen LogP contribution is 2.39. The number of aliphatic hydroxyl groups is 1. The molecule has 0 saturated carbocycles. The zero-order chi connectivity index (χ0) is 19.0. The van der Waals surface area contributed by atoms with Gasteiger partial charge in [-0.3, -0.25) is 0 Å². The molecule has 0 saturated heterocycles. The van der Waals surface area contributed by atoms with E-state index in [1.165, 1.54) is 12.2 Å². The number of benzene rings is 1. The van der Waals surface area contributed by atoms with Crippen molar-refractivity contribution in [1.29, 1.82) is 0 Å². The summed E-state index contributed by atoms with van der Waals surface area (Å²) in [5, 5.41) is 27.6. The lowest BCUT2D eigenvalue weighted by molar-refractivity contribution is -0.176.